The van der Waals surface area contributed by atoms with Crippen LogP contribution in [0.5, 0.6) is 5.75 Å². The van der Waals surface area contributed by atoms with Crippen LogP contribution in [0.15, 0.2) is 18.2 Å². The molecule has 1 saturated carbocycles. The van der Waals surface area contributed by atoms with Gasteiger partial charge in [-0.3, -0.25) is 4.79 Å². The molecule has 0 radical (unpaired) electrons. The molecule has 1 amide bonds. The summed E-state index contributed by atoms with van der Waals surface area (Å²) < 4.78 is 30.9. The Kier molecular flexibility index (Phi) is 3.99. The molecule has 1 aromatic carbocycles. The van der Waals surface area contributed by atoms with Gasteiger partial charge in [0.05, 0.1) is 12.1 Å². The second-order valence-electron chi connectivity index (χ2n) is 4.70. The largest absolute Gasteiger partial charge is 0.481 e. The molecule has 0 heterocycles. The predicted octanol–water partition coefficient (Wildman–Crippen LogP) is 1.37. The Morgan fingerprint density at radius 3 is 2.68 bits per heavy atom. The standard InChI is InChI=1S/C13H15F2NO3/c14-9-2-3-11(10(15)6-9)19-7-12(18)16-13(8-17)4-1-5-13/h2-3,6,17H,1,4-5,7-8H2,(H,16,18). The summed E-state index contributed by atoms with van der Waals surface area (Å²) >= 11 is 0. The molecule has 0 aliphatic heterocycles. The topological polar surface area (TPSA) is 58.6 Å². The van der Waals surface area contributed by atoms with Crippen LogP contribution in [0, 0.1) is 11.6 Å². The van der Waals surface area contributed by atoms with E-state index in [4.69, 9.17) is 4.74 Å². The Morgan fingerprint density at radius 1 is 1.42 bits per heavy atom. The average molecular weight is 271 g/mol. The lowest BCUT2D eigenvalue weighted by molar-refractivity contribution is -0.127. The Bertz CT molecular complexity index is 469. The average Bonchev–Trinajstić information content (AvgIpc) is 2.33. The first-order valence-corrected chi connectivity index (χ1v) is 6.04. The van der Waals surface area contributed by atoms with Crippen LogP contribution in [0.4, 0.5) is 8.78 Å². The summed E-state index contributed by atoms with van der Waals surface area (Å²) in [5.74, 6) is -2.17. The SMILES string of the molecule is O=C(COc1ccc(F)cc1F)NC1(CO)CCC1. The van der Waals surface area contributed by atoms with E-state index < -0.39 is 23.1 Å². The highest BCUT2D eigenvalue weighted by molar-refractivity contribution is 5.78. The van der Waals surface area contributed by atoms with E-state index in [9.17, 15) is 18.7 Å². The molecule has 1 aliphatic carbocycles. The third kappa shape index (κ3) is 3.20. The Labute approximate surface area is 109 Å². The van der Waals surface area contributed by atoms with E-state index in [0.29, 0.717) is 6.07 Å². The van der Waals surface area contributed by atoms with Gasteiger partial charge in [0.2, 0.25) is 0 Å². The van der Waals surface area contributed by atoms with Crippen molar-refractivity contribution in [3.8, 4) is 5.75 Å². The van der Waals surface area contributed by atoms with Crippen molar-refractivity contribution in [3.63, 3.8) is 0 Å². The van der Waals surface area contributed by atoms with Gasteiger partial charge in [0, 0.05) is 6.07 Å². The molecule has 0 saturated heterocycles. The lowest BCUT2D eigenvalue weighted by Gasteiger charge is -2.40. The number of hydrogen-bond acceptors (Lipinski definition) is 3. The van der Waals surface area contributed by atoms with Crippen LogP contribution in [0.25, 0.3) is 0 Å². The number of rotatable bonds is 5. The van der Waals surface area contributed by atoms with Crippen LogP contribution < -0.4 is 10.1 Å². The predicted molar refractivity (Wildman–Crippen MR) is 63.7 cm³/mol. The van der Waals surface area contributed by atoms with Crippen molar-refractivity contribution < 1.29 is 23.4 Å². The van der Waals surface area contributed by atoms with Crippen LogP contribution in [0.3, 0.4) is 0 Å². The summed E-state index contributed by atoms with van der Waals surface area (Å²) in [7, 11) is 0. The summed E-state index contributed by atoms with van der Waals surface area (Å²) in [6.07, 6.45) is 2.40. The highest BCUT2D eigenvalue weighted by Gasteiger charge is 2.37. The monoisotopic (exact) mass is 271 g/mol. The fraction of sp³-hybridized carbons (Fsp3) is 0.462. The van der Waals surface area contributed by atoms with Gasteiger partial charge in [-0.2, -0.15) is 0 Å². The van der Waals surface area contributed by atoms with Crippen LogP contribution in [0.1, 0.15) is 19.3 Å². The fourth-order valence-electron chi connectivity index (χ4n) is 1.99. The smallest absolute Gasteiger partial charge is 0.258 e. The summed E-state index contributed by atoms with van der Waals surface area (Å²) in [4.78, 5) is 11.6. The first kappa shape index (κ1) is 13.7. The molecule has 4 nitrogen and oxygen atoms in total. The van der Waals surface area contributed by atoms with Crippen molar-refractivity contribution in [2.45, 2.75) is 24.8 Å². The van der Waals surface area contributed by atoms with Gasteiger partial charge in [-0.05, 0) is 31.4 Å². The second kappa shape index (κ2) is 5.52. The molecule has 19 heavy (non-hydrogen) atoms. The molecule has 0 spiro atoms. The number of carbonyl (C=O) groups excluding carboxylic acids is 1. The van der Waals surface area contributed by atoms with Gasteiger partial charge in [-0.25, -0.2) is 8.78 Å². The summed E-state index contributed by atoms with van der Waals surface area (Å²) in [5, 5.41) is 11.9. The van der Waals surface area contributed by atoms with Crippen molar-refractivity contribution in [1.29, 1.82) is 0 Å². The molecule has 0 bridgehead atoms. The van der Waals surface area contributed by atoms with Gasteiger partial charge >= 0.3 is 0 Å². The van der Waals surface area contributed by atoms with E-state index in [0.717, 1.165) is 31.4 Å². The zero-order valence-electron chi connectivity index (χ0n) is 10.3. The van der Waals surface area contributed by atoms with Gasteiger partial charge in [0.1, 0.15) is 5.82 Å². The minimum atomic E-state index is -0.853. The first-order valence-electron chi connectivity index (χ1n) is 6.04. The van der Waals surface area contributed by atoms with Crippen LogP contribution in [-0.2, 0) is 4.79 Å². The zero-order valence-corrected chi connectivity index (χ0v) is 10.3. The molecule has 1 aliphatic rings. The number of benzene rings is 1. The van der Waals surface area contributed by atoms with Gasteiger partial charge in [0.25, 0.3) is 5.91 Å². The highest BCUT2D eigenvalue weighted by atomic mass is 19.1. The molecule has 6 heteroatoms. The van der Waals surface area contributed by atoms with Crippen LogP contribution >= 0.6 is 0 Å². The number of nitrogens with one attached hydrogen (secondary N) is 1. The highest BCUT2D eigenvalue weighted by Crippen LogP contribution is 2.31. The van der Waals surface area contributed by atoms with Crippen molar-refractivity contribution in [2.75, 3.05) is 13.2 Å². The number of aliphatic hydroxyl groups excluding tert-OH is 1. The quantitative estimate of drug-likeness (QED) is 0.850. The number of hydrogen-bond donors (Lipinski definition) is 2. The molecule has 1 aromatic rings. The molecule has 1 fully saturated rings. The molecule has 0 atom stereocenters. The molecule has 2 N–H and O–H groups in total. The van der Waals surface area contributed by atoms with Crippen LogP contribution in [-0.4, -0.2) is 29.8 Å². The third-order valence-corrected chi connectivity index (χ3v) is 3.27. The van der Waals surface area contributed by atoms with E-state index in [1.807, 2.05) is 0 Å². The Balaban J connectivity index is 1.86. The maximum absolute atomic E-state index is 13.2. The number of aliphatic hydroxyl groups is 1. The van der Waals surface area contributed by atoms with Crippen LogP contribution in [0.2, 0.25) is 0 Å². The first-order chi connectivity index (χ1) is 9.04. The molecule has 0 aromatic heterocycles. The number of amides is 1. The fourth-order valence-corrected chi connectivity index (χ4v) is 1.99. The number of carbonyl (C=O) groups is 1. The Hall–Kier alpha value is -1.69. The van der Waals surface area contributed by atoms with E-state index in [2.05, 4.69) is 5.32 Å². The van der Waals surface area contributed by atoms with Gasteiger partial charge in [-0.15, -0.1) is 0 Å². The third-order valence-electron chi connectivity index (χ3n) is 3.27. The lowest BCUT2D eigenvalue weighted by Crippen LogP contribution is -2.57. The number of halogens is 2. The minimum absolute atomic E-state index is 0.121. The molecule has 0 unspecified atom stereocenters. The minimum Gasteiger partial charge on any atom is -0.481 e. The summed E-state index contributed by atoms with van der Waals surface area (Å²) in [6, 6.07) is 2.87. The van der Waals surface area contributed by atoms with Crippen molar-refractivity contribution in [1.82, 2.24) is 5.32 Å². The van der Waals surface area contributed by atoms with Gasteiger partial charge < -0.3 is 15.2 Å². The second-order valence-corrected chi connectivity index (χ2v) is 4.70. The zero-order chi connectivity index (χ0) is 13.9. The number of ether oxygens (including phenoxy) is 1. The lowest BCUT2D eigenvalue weighted by atomic mass is 9.77. The van der Waals surface area contributed by atoms with Gasteiger partial charge in [-0.1, -0.05) is 0 Å². The van der Waals surface area contributed by atoms with E-state index in [-0.39, 0.29) is 19.0 Å². The van der Waals surface area contributed by atoms with E-state index in [1.165, 1.54) is 0 Å². The Morgan fingerprint density at radius 2 is 2.16 bits per heavy atom. The van der Waals surface area contributed by atoms with E-state index >= 15 is 0 Å². The molecular formula is C13H15F2NO3. The maximum Gasteiger partial charge on any atom is 0.258 e. The summed E-state index contributed by atoms with van der Waals surface area (Å²) in [6.45, 7) is -0.492. The van der Waals surface area contributed by atoms with E-state index in [1.54, 1.807) is 0 Å². The maximum atomic E-state index is 13.2. The summed E-state index contributed by atoms with van der Waals surface area (Å²) in [5.41, 5.74) is -0.554. The molecule has 104 valence electrons. The molecule has 2 rings (SSSR count). The normalized spacial score (nSPS) is 16.6. The van der Waals surface area contributed by atoms with Crippen molar-refractivity contribution >= 4 is 5.91 Å². The van der Waals surface area contributed by atoms with Crippen molar-refractivity contribution in [2.24, 2.45) is 0 Å². The van der Waals surface area contributed by atoms with Crippen molar-refractivity contribution in [3.05, 3.63) is 29.8 Å². The molecular weight excluding hydrogens is 256 g/mol. The van der Waals surface area contributed by atoms with Gasteiger partial charge in [0.15, 0.2) is 18.2 Å².